The zero-order chi connectivity index (χ0) is 28.2. The topological polar surface area (TPSA) is 100 Å². The number of urea groups is 1. The summed E-state index contributed by atoms with van der Waals surface area (Å²) in [7, 11) is 0. The van der Waals surface area contributed by atoms with Gasteiger partial charge in [-0.15, -0.1) is 0 Å². The molecule has 1 heterocycles. The first-order chi connectivity index (χ1) is 20.1. The minimum atomic E-state index is -0.176. The first-order valence-electron chi connectivity index (χ1n) is 14.5. The third-order valence-corrected chi connectivity index (χ3v) is 8.05. The smallest absolute Gasteiger partial charge is 0.349 e. The minimum Gasteiger partial charge on any atom is -0.370 e. The van der Waals surface area contributed by atoms with Crippen molar-refractivity contribution in [1.29, 1.82) is 0 Å². The van der Waals surface area contributed by atoms with Crippen LogP contribution in [0.25, 0.3) is 11.1 Å². The molecule has 1 atom stereocenters. The summed E-state index contributed by atoms with van der Waals surface area (Å²) in [5.41, 5.74) is 18.2. The molecule has 7 nitrogen and oxygen atoms in total. The third-order valence-electron chi connectivity index (χ3n) is 8.05. The van der Waals surface area contributed by atoms with Gasteiger partial charge in [0.2, 0.25) is 0 Å². The second-order valence-electron chi connectivity index (χ2n) is 10.9. The molecule has 1 aliphatic heterocycles. The molecule has 1 fully saturated rings. The largest absolute Gasteiger partial charge is 0.370 e. The van der Waals surface area contributed by atoms with E-state index in [0.29, 0.717) is 18.9 Å². The van der Waals surface area contributed by atoms with Crippen LogP contribution < -0.4 is 16.4 Å². The van der Waals surface area contributed by atoms with E-state index in [4.69, 9.17) is 16.6 Å². The Balaban J connectivity index is 1.41. The Morgan fingerprint density at radius 3 is 2.41 bits per heavy atom. The highest BCUT2D eigenvalue weighted by Gasteiger charge is 2.34. The molecule has 0 aromatic heterocycles. The van der Waals surface area contributed by atoms with Crippen molar-refractivity contribution in [2.45, 2.75) is 51.1 Å². The third kappa shape index (κ3) is 5.80. The van der Waals surface area contributed by atoms with E-state index in [9.17, 15) is 4.79 Å². The first-order valence-corrected chi connectivity index (χ1v) is 14.5. The maximum atomic E-state index is 14.5. The van der Waals surface area contributed by atoms with Crippen LogP contribution in [0, 0.1) is 5.92 Å². The number of fused-ring (bicyclic) bond motifs is 1. The Hall–Kier alpha value is -4.65. The maximum absolute atomic E-state index is 14.5. The van der Waals surface area contributed by atoms with Gasteiger partial charge in [0, 0.05) is 17.2 Å². The molecule has 1 saturated carbocycles. The van der Waals surface area contributed by atoms with Crippen LogP contribution in [-0.2, 0) is 6.54 Å². The SMILES string of the molecule is NC(N)=NC1C=CC(N2C(=O)N(Cc3cccc(-c4ccccc4)c3)N=C(C3CCCCC3)c3ccccc32)=CC1. The highest BCUT2D eigenvalue weighted by atomic mass is 16.2. The summed E-state index contributed by atoms with van der Waals surface area (Å²) in [6.45, 7) is 0.369. The first kappa shape index (κ1) is 26.6. The molecule has 0 radical (unpaired) electrons. The highest BCUT2D eigenvalue weighted by molar-refractivity contribution is 6.12. The van der Waals surface area contributed by atoms with Crippen LogP contribution in [0.3, 0.4) is 0 Å². The normalized spacial score (nSPS) is 19.2. The average molecular weight is 545 g/mol. The maximum Gasteiger partial charge on any atom is 0.349 e. The Labute approximate surface area is 241 Å². The fraction of sp³-hybridized carbons (Fsp3) is 0.265. The van der Waals surface area contributed by atoms with Gasteiger partial charge in [-0.1, -0.05) is 98.1 Å². The molecule has 3 aliphatic rings. The molecule has 0 bridgehead atoms. The van der Waals surface area contributed by atoms with Gasteiger partial charge in [-0.05, 0) is 54.2 Å². The van der Waals surface area contributed by atoms with E-state index in [0.717, 1.165) is 52.2 Å². The predicted octanol–water partition coefficient (Wildman–Crippen LogP) is 6.57. The average Bonchev–Trinajstić information content (AvgIpc) is 3.12. The summed E-state index contributed by atoms with van der Waals surface area (Å²) in [6.07, 6.45) is 12.3. The minimum absolute atomic E-state index is 0.0575. The van der Waals surface area contributed by atoms with Crippen LogP contribution in [0.2, 0.25) is 0 Å². The van der Waals surface area contributed by atoms with Gasteiger partial charge < -0.3 is 11.5 Å². The van der Waals surface area contributed by atoms with Gasteiger partial charge in [-0.3, -0.25) is 4.90 Å². The zero-order valence-corrected chi connectivity index (χ0v) is 23.2. The summed E-state index contributed by atoms with van der Waals surface area (Å²) in [5, 5.41) is 6.83. The van der Waals surface area contributed by atoms with Gasteiger partial charge in [0.05, 0.1) is 24.0 Å². The highest BCUT2D eigenvalue weighted by Crippen LogP contribution is 2.37. The van der Waals surface area contributed by atoms with Crippen LogP contribution in [0.1, 0.15) is 49.7 Å². The van der Waals surface area contributed by atoms with Crippen molar-refractivity contribution in [3.05, 3.63) is 114 Å². The lowest BCUT2D eigenvalue weighted by Gasteiger charge is -2.29. The summed E-state index contributed by atoms with van der Waals surface area (Å²) < 4.78 is 0. The van der Waals surface area contributed by atoms with E-state index in [-0.39, 0.29) is 18.0 Å². The molecule has 1 unspecified atom stereocenters. The Morgan fingerprint density at radius 1 is 0.902 bits per heavy atom. The molecule has 6 rings (SSSR count). The summed E-state index contributed by atoms with van der Waals surface area (Å²) >= 11 is 0. The molecule has 41 heavy (non-hydrogen) atoms. The van der Waals surface area contributed by atoms with Crippen LogP contribution in [0.15, 0.2) is 113 Å². The predicted molar refractivity (Wildman–Crippen MR) is 166 cm³/mol. The molecule has 4 N–H and O–H groups in total. The van der Waals surface area contributed by atoms with Crippen molar-refractivity contribution >= 4 is 23.4 Å². The zero-order valence-electron chi connectivity index (χ0n) is 23.2. The summed E-state index contributed by atoms with van der Waals surface area (Å²) in [6, 6.07) is 26.5. The second-order valence-corrected chi connectivity index (χ2v) is 10.9. The van der Waals surface area contributed by atoms with Gasteiger partial charge >= 0.3 is 6.03 Å². The van der Waals surface area contributed by atoms with E-state index in [1.807, 2.05) is 54.6 Å². The lowest BCUT2D eigenvalue weighted by Crippen LogP contribution is -2.39. The summed E-state index contributed by atoms with van der Waals surface area (Å²) in [4.78, 5) is 20.5. The summed E-state index contributed by atoms with van der Waals surface area (Å²) in [5.74, 6) is 0.375. The Morgan fingerprint density at radius 2 is 1.66 bits per heavy atom. The van der Waals surface area contributed by atoms with Crippen molar-refractivity contribution in [3.8, 4) is 11.1 Å². The molecule has 0 spiro atoms. The van der Waals surface area contributed by atoms with Crippen molar-refractivity contribution < 1.29 is 4.79 Å². The fourth-order valence-corrected chi connectivity index (χ4v) is 6.06. The monoisotopic (exact) mass is 544 g/mol. The number of hydrazone groups is 1. The number of hydrogen-bond donors (Lipinski definition) is 2. The number of anilines is 1. The van der Waals surface area contributed by atoms with Gasteiger partial charge in [0.1, 0.15) is 0 Å². The van der Waals surface area contributed by atoms with Crippen LogP contribution in [-0.4, -0.2) is 28.8 Å². The van der Waals surface area contributed by atoms with Crippen LogP contribution in [0.4, 0.5) is 10.5 Å². The van der Waals surface area contributed by atoms with Crippen molar-refractivity contribution in [2.75, 3.05) is 4.90 Å². The molecule has 7 heteroatoms. The molecule has 208 valence electrons. The number of para-hydroxylation sites is 1. The number of nitrogens with zero attached hydrogens (tertiary/aromatic N) is 4. The van der Waals surface area contributed by atoms with Crippen molar-refractivity contribution in [1.82, 2.24) is 5.01 Å². The lowest BCUT2D eigenvalue weighted by molar-refractivity contribution is 0.206. The van der Waals surface area contributed by atoms with Gasteiger partial charge in [-0.2, -0.15) is 5.10 Å². The Bertz CT molecular complexity index is 1530. The number of benzene rings is 3. The number of guanidine groups is 1. The van der Waals surface area contributed by atoms with Gasteiger partial charge in [0.15, 0.2) is 5.96 Å². The lowest BCUT2D eigenvalue weighted by atomic mass is 9.83. The Kier molecular flexibility index (Phi) is 7.67. The van der Waals surface area contributed by atoms with E-state index >= 15 is 0 Å². The van der Waals surface area contributed by atoms with E-state index < -0.39 is 0 Å². The number of rotatable bonds is 6. The number of carbonyl (C=O) groups excluding carboxylic acids is 1. The standard InChI is InChI=1S/C34H36N6O/c35-33(36)37-28-18-20-29(21-19-28)40-31-17-8-7-16-30(31)32(26-13-5-2-6-14-26)38-39(34(40)41)23-24-10-9-15-27(22-24)25-11-3-1-4-12-25/h1,3-4,7-12,15-18,20-22,26,28H,2,5-6,13-14,19,23H2,(H4,35,36,37). The molecular formula is C34H36N6O. The van der Waals surface area contributed by atoms with Crippen molar-refractivity contribution in [2.24, 2.45) is 27.5 Å². The fourth-order valence-electron chi connectivity index (χ4n) is 6.06. The van der Waals surface area contributed by atoms with Gasteiger partial charge in [-0.25, -0.2) is 14.8 Å². The van der Waals surface area contributed by atoms with Crippen molar-refractivity contribution in [3.63, 3.8) is 0 Å². The number of aliphatic imine (C=N–C) groups is 1. The molecule has 2 aliphatic carbocycles. The number of allylic oxidation sites excluding steroid dienone is 1. The van der Waals surface area contributed by atoms with E-state index in [2.05, 4.69) is 47.5 Å². The van der Waals surface area contributed by atoms with E-state index in [1.54, 1.807) is 9.91 Å². The molecule has 2 amide bonds. The number of hydrogen-bond acceptors (Lipinski definition) is 3. The molecular weight excluding hydrogens is 508 g/mol. The van der Waals surface area contributed by atoms with Crippen LogP contribution >= 0.6 is 0 Å². The quantitative estimate of drug-likeness (QED) is 0.271. The number of amides is 2. The molecule has 3 aromatic rings. The number of carbonyl (C=O) groups is 1. The number of nitrogens with two attached hydrogens (primary N) is 2. The molecule has 3 aromatic carbocycles. The van der Waals surface area contributed by atoms with E-state index in [1.165, 1.54) is 19.3 Å². The second kappa shape index (κ2) is 11.8. The van der Waals surface area contributed by atoms with Gasteiger partial charge in [0.25, 0.3) is 0 Å². The van der Waals surface area contributed by atoms with Crippen LogP contribution in [0.5, 0.6) is 0 Å². The molecule has 0 saturated heterocycles.